The number of aryl methyl sites for hydroxylation is 1. The molecule has 106 valence electrons. The summed E-state index contributed by atoms with van der Waals surface area (Å²) in [5, 5.41) is 4.45. The van der Waals surface area contributed by atoms with Gasteiger partial charge >= 0.3 is 0 Å². The zero-order valence-corrected chi connectivity index (χ0v) is 12.6. The number of hydrogen-bond acceptors (Lipinski definition) is 3. The summed E-state index contributed by atoms with van der Waals surface area (Å²) in [6, 6.07) is 2.89. The molecular formula is C16H21N3S. The minimum atomic E-state index is 0.642. The second kappa shape index (κ2) is 5.34. The first-order valence-electron chi connectivity index (χ1n) is 7.68. The van der Waals surface area contributed by atoms with E-state index in [9.17, 15) is 0 Å². The first-order valence-corrected chi connectivity index (χ1v) is 8.62. The molecule has 0 radical (unpaired) electrons. The van der Waals surface area contributed by atoms with Gasteiger partial charge in [-0.1, -0.05) is 0 Å². The Morgan fingerprint density at radius 1 is 1.30 bits per heavy atom. The number of nitrogens with zero attached hydrogens (tertiary/aromatic N) is 3. The fraction of sp³-hybridized carbons (Fsp3) is 0.562. The van der Waals surface area contributed by atoms with Gasteiger partial charge in [-0.15, -0.1) is 0 Å². The SMILES string of the molecule is c1cc(CN2CC[C@H](n3cnc4c3CCCC4)C2)cs1. The van der Waals surface area contributed by atoms with Crippen LogP contribution >= 0.6 is 11.3 Å². The molecule has 1 aliphatic heterocycles. The molecule has 1 atom stereocenters. The van der Waals surface area contributed by atoms with Crippen LogP contribution in [0.25, 0.3) is 0 Å². The molecular weight excluding hydrogens is 266 g/mol. The third-order valence-electron chi connectivity index (χ3n) is 4.69. The zero-order valence-electron chi connectivity index (χ0n) is 11.8. The van der Waals surface area contributed by atoms with Crippen molar-refractivity contribution >= 4 is 11.3 Å². The van der Waals surface area contributed by atoms with E-state index in [0.29, 0.717) is 6.04 Å². The molecule has 2 aromatic heterocycles. The Kier molecular flexibility index (Phi) is 3.36. The van der Waals surface area contributed by atoms with Crippen LogP contribution in [0.2, 0.25) is 0 Å². The van der Waals surface area contributed by atoms with Crippen molar-refractivity contribution in [2.45, 2.75) is 44.7 Å². The number of likely N-dealkylation sites (tertiary alicyclic amines) is 1. The van der Waals surface area contributed by atoms with E-state index in [2.05, 4.69) is 37.6 Å². The molecule has 1 fully saturated rings. The predicted octanol–water partition coefficient (Wildman–Crippen LogP) is 3.27. The summed E-state index contributed by atoms with van der Waals surface area (Å²) in [6.45, 7) is 3.50. The van der Waals surface area contributed by atoms with Crippen LogP contribution in [0.4, 0.5) is 0 Å². The number of imidazole rings is 1. The molecule has 3 nitrogen and oxygen atoms in total. The molecule has 1 saturated heterocycles. The highest BCUT2D eigenvalue weighted by molar-refractivity contribution is 7.07. The minimum Gasteiger partial charge on any atom is -0.330 e. The Morgan fingerprint density at radius 2 is 2.25 bits per heavy atom. The second-order valence-electron chi connectivity index (χ2n) is 6.06. The van der Waals surface area contributed by atoms with E-state index in [1.807, 2.05) is 0 Å². The Labute approximate surface area is 124 Å². The fourth-order valence-corrected chi connectivity index (χ4v) is 4.29. The lowest BCUT2D eigenvalue weighted by atomic mass is 10.0. The van der Waals surface area contributed by atoms with E-state index in [1.165, 1.54) is 62.1 Å². The summed E-state index contributed by atoms with van der Waals surface area (Å²) in [7, 11) is 0. The molecule has 2 aromatic rings. The average molecular weight is 287 g/mol. The highest BCUT2D eigenvalue weighted by Gasteiger charge is 2.27. The van der Waals surface area contributed by atoms with Gasteiger partial charge in [0, 0.05) is 31.4 Å². The van der Waals surface area contributed by atoms with Crippen molar-refractivity contribution in [1.82, 2.24) is 14.5 Å². The Morgan fingerprint density at radius 3 is 3.15 bits per heavy atom. The fourth-order valence-electron chi connectivity index (χ4n) is 3.63. The van der Waals surface area contributed by atoms with Crippen molar-refractivity contribution in [3.63, 3.8) is 0 Å². The van der Waals surface area contributed by atoms with Crippen LogP contribution in [0.15, 0.2) is 23.2 Å². The van der Waals surface area contributed by atoms with Crippen molar-refractivity contribution in [3.8, 4) is 0 Å². The maximum atomic E-state index is 4.65. The number of hydrogen-bond donors (Lipinski definition) is 0. The number of aromatic nitrogens is 2. The molecule has 0 bridgehead atoms. The average Bonchev–Trinajstić information content (AvgIpc) is 3.18. The molecule has 0 aromatic carbocycles. The second-order valence-corrected chi connectivity index (χ2v) is 6.84. The van der Waals surface area contributed by atoms with Gasteiger partial charge in [-0.25, -0.2) is 4.98 Å². The standard InChI is InChI=1S/C16H21N3S/c1-2-4-16-15(3-1)17-12-19(16)14-5-7-18(10-14)9-13-6-8-20-11-13/h6,8,11-12,14H,1-5,7,9-10H2/t14-/m0/s1. The van der Waals surface area contributed by atoms with Crippen molar-refractivity contribution < 1.29 is 0 Å². The number of fused-ring (bicyclic) bond motifs is 1. The first-order chi connectivity index (χ1) is 9.90. The van der Waals surface area contributed by atoms with E-state index in [-0.39, 0.29) is 0 Å². The molecule has 0 N–H and O–H groups in total. The summed E-state index contributed by atoms with van der Waals surface area (Å²) in [5.41, 5.74) is 4.36. The molecule has 0 unspecified atom stereocenters. The van der Waals surface area contributed by atoms with E-state index < -0.39 is 0 Å². The van der Waals surface area contributed by atoms with Crippen LogP contribution < -0.4 is 0 Å². The molecule has 0 amide bonds. The lowest BCUT2D eigenvalue weighted by Crippen LogP contribution is -2.21. The number of rotatable bonds is 3. The van der Waals surface area contributed by atoms with Gasteiger partial charge in [-0.05, 0) is 54.5 Å². The zero-order chi connectivity index (χ0) is 13.4. The van der Waals surface area contributed by atoms with Gasteiger partial charge in [0.1, 0.15) is 0 Å². The topological polar surface area (TPSA) is 21.1 Å². The van der Waals surface area contributed by atoms with Gasteiger partial charge in [-0.3, -0.25) is 4.90 Å². The number of thiophene rings is 1. The smallest absolute Gasteiger partial charge is 0.0954 e. The summed E-state index contributed by atoms with van der Waals surface area (Å²) < 4.78 is 2.49. The van der Waals surface area contributed by atoms with Crippen LogP contribution in [0, 0.1) is 0 Å². The highest BCUT2D eigenvalue weighted by Crippen LogP contribution is 2.29. The Balaban J connectivity index is 1.47. The van der Waals surface area contributed by atoms with Crippen LogP contribution in [-0.4, -0.2) is 27.5 Å². The summed E-state index contributed by atoms with van der Waals surface area (Å²) in [6.07, 6.45) is 8.45. The van der Waals surface area contributed by atoms with Crippen molar-refractivity contribution in [2.24, 2.45) is 0 Å². The summed E-state index contributed by atoms with van der Waals surface area (Å²) >= 11 is 1.80. The van der Waals surface area contributed by atoms with Gasteiger partial charge in [0.25, 0.3) is 0 Å². The monoisotopic (exact) mass is 287 g/mol. The quantitative estimate of drug-likeness (QED) is 0.864. The van der Waals surface area contributed by atoms with E-state index in [0.717, 1.165) is 6.54 Å². The predicted molar refractivity (Wildman–Crippen MR) is 82.1 cm³/mol. The lowest BCUT2D eigenvalue weighted by Gasteiger charge is -2.20. The van der Waals surface area contributed by atoms with Crippen LogP contribution in [0.1, 0.15) is 42.3 Å². The van der Waals surface area contributed by atoms with Crippen LogP contribution in [0.3, 0.4) is 0 Å². The third-order valence-corrected chi connectivity index (χ3v) is 5.42. The van der Waals surface area contributed by atoms with Crippen molar-refractivity contribution in [1.29, 1.82) is 0 Å². The van der Waals surface area contributed by atoms with Gasteiger partial charge in [0.2, 0.25) is 0 Å². The van der Waals surface area contributed by atoms with Gasteiger partial charge in [0.05, 0.1) is 12.0 Å². The normalized spacial score (nSPS) is 23.1. The van der Waals surface area contributed by atoms with Crippen LogP contribution in [0.5, 0.6) is 0 Å². The van der Waals surface area contributed by atoms with E-state index in [1.54, 1.807) is 11.3 Å². The molecule has 2 aliphatic rings. The highest BCUT2D eigenvalue weighted by atomic mass is 32.1. The maximum absolute atomic E-state index is 4.65. The van der Waals surface area contributed by atoms with Gasteiger partial charge < -0.3 is 4.57 Å². The Hall–Kier alpha value is -1.13. The molecule has 0 saturated carbocycles. The largest absolute Gasteiger partial charge is 0.330 e. The summed E-state index contributed by atoms with van der Waals surface area (Å²) in [5.74, 6) is 0. The summed E-state index contributed by atoms with van der Waals surface area (Å²) in [4.78, 5) is 7.23. The molecule has 20 heavy (non-hydrogen) atoms. The minimum absolute atomic E-state index is 0.642. The maximum Gasteiger partial charge on any atom is 0.0954 e. The van der Waals surface area contributed by atoms with Gasteiger partial charge in [-0.2, -0.15) is 11.3 Å². The molecule has 4 rings (SSSR count). The van der Waals surface area contributed by atoms with E-state index >= 15 is 0 Å². The molecule has 4 heteroatoms. The van der Waals surface area contributed by atoms with Gasteiger partial charge in [0.15, 0.2) is 0 Å². The van der Waals surface area contributed by atoms with E-state index in [4.69, 9.17) is 0 Å². The lowest BCUT2D eigenvalue weighted by molar-refractivity contribution is 0.315. The molecule has 0 spiro atoms. The third kappa shape index (κ3) is 2.31. The first kappa shape index (κ1) is 12.6. The molecule has 1 aliphatic carbocycles. The van der Waals surface area contributed by atoms with Crippen molar-refractivity contribution in [2.75, 3.05) is 13.1 Å². The Bertz CT molecular complexity index is 573. The molecule has 3 heterocycles. The van der Waals surface area contributed by atoms with Crippen molar-refractivity contribution in [3.05, 3.63) is 40.1 Å². The van der Waals surface area contributed by atoms with Crippen LogP contribution in [-0.2, 0) is 19.4 Å².